The monoisotopic (exact) mass is 480 g/mol. The topological polar surface area (TPSA) is 75.7 Å². The van der Waals surface area contributed by atoms with Crippen LogP contribution in [0.5, 0.6) is 5.75 Å². The van der Waals surface area contributed by atoms with Crippen molar-refractivity contribution in [3.05, 3.63) is 58.1 Å². The van der Waals surface area contributed by atoms with Crippen LogP contribution in [0.1, 0.15) is 48.7 Å². The lowest BCUT2D eigenvalue weighted by atomic mass is 10.1. The van der Waals surface area contributed by atoms with Crippen LogP contribution in [0.4, 0.5) is 0 Å². The first-order chi connectivity index (χ1) is 13.8. The lowest BCUT2D eigenvalue weighted by Crippen LogP contribution is -2.29. The van der Waals surface area contributed by atoms with Crippen LogP contribution in [0.2, 0.25) is 0 Å². The number of ether oxygens (including phenoxy) is 1. The SMILES string of the molecule is CCOc1ccc(C(C)NC(=O)c2cc(S(=O)(=O)N3CCCC3)ccc2Br)cc1. The minimum Gasteiger partial charge on any atom is -0.494 e. The summed E-state index contributed by atoms with van der Waals surface area (Å²) in [6.45, 7) is 5.44. The van der Waals surface area contributed by atoms with Gasteiger partial charge in [-0.25, -0.2) is 8.42 Å². The maximum atomic E-state index is 12.8. The number of halogens is 1. The summed E-state index contributed by atoms with van der Waals surface area (Å²) < 4.78 is 33.1. The molecule has 6 nitrogen and oxygen atoms in total. The molecule has 3 rings (SSSR count). The summed E-state index contributed by atoms with van der Waals surface area (Å²) in [4.78, 5) is 13.0. The molecule has 0 spiro atoms. The van der Waals surface area contributed by atoms with Gasteiger partial charge in [0.2, 0.25) is 10.0 Å². The summed E-state index contributed by atoms with van der Waals surface area (Å²) in [7, 11) is -3.58. The molecule has 1 fully saturated rings. The molecule has 0 aliphatic carbocycles. The smallest absolute Gasteiger partial charge is 0.252 e. The van der Waals surface area contributed by atoms with E-state index in [1.165, 1.54) is 16.4 Å². The number of hydrogen-bond acceptors (Lipinski definition) is 4. The highest BCUT2D eigenvalue weighted by atomic mass is 79.9. The number of nitrogens with zero attached hydrogens (tertiary/aromatic N) is 1. The molecule has 1 aliphatic rings. The van der Waals surface area contributed by atoms with Crippen molar-refractivity contribution in [3.8, 4) is 5.75 Å². The second-order valence-electron chi connectivity index (χ2n) is 6.95. The van der Waals surface area contributed by atoms with Crippen molar-refractivity contribution in [2.45, 2.75) is 37.6 Å². The van der Waals surface area contributed by atoms with Crippen molar-refractivity contribution in [3.63, 3.8) is 0 Å². The van der Waals surface area contributed by atoms with E-state index < -0.39 is 10.0 Å². The normalized spacial score (nSPS) is 15.8. The molecule has 2 aromatic rings. The quantitative estimate of drug-likeness (QED) is 0.646. The fraction of sp³-hybridized carbons (Fsp3) is 0.381. The number of amides is 1. The van der Waals surface area contributed by atoms with Crippen LogP contribution in [-0.2, 0) is 10.0 Å². The Balaban J connectivity index is 1.78. The Bertz CT molecular complexity index is 971. The highest BCUT2D eigenvalue weighted by Gasteiger charge is 2.28. The number of carbonyl (C=O) groups is 1. The van der Waals surface area contributed by atoms with E-state index in [-0.39, 0.29) is 16.8 Å². The van der Waals surface area contributed by atoms with Gasteiger partial charge in [-0.3, -0.25) is 4.79 Å². The fourth-order valence-electron chi connectivity index (χ4n) is 3.29. The Morgan fingerprint density at radius 1 is 1.17 bits per heavy atom. The summed E-state index contributed by atoms with van der Waals surface area (Å²) in [5.74, 6) is 0.439. The van der Waals surface area contributed by atoms with E-state index in [1.54, 1.807) is 6.07 Å². The molecule has 0 aromatic heterocycles. The predicted octanol–water partition coefficient (Wildman–Crippen LogP) is 4.12. The average Bonchev–Trinajstić information content (AvgIpc) is 3.24. The fourth-order valence-corrected chi connectivity index (χ4v) is 5.26. The Kier molecular flexibility index (Phi) is 6.97. The second kappa shape index (κ2) is 9.28. The first kappa shape index (κ1) is 21.8. The molecular formula is C21H25BrN2O4S. The summed E-state index contributed by atoms with van der Waals surface area (Å²) in [5, 5.41) is 2.93. The van der Waals surface area contributed by atoms with E-state index in [9.17, 15) is 13.2 Å². The van der Waals surface area contributed by atoms with E-state index in [4.69, 9.17) is 4.74 Å². The van der Waals surface area contributed by atoms with Crippen LogP contribution < -0.4 is 10.1 Å². The highest BCUT2D eigenvalue weighted by molar-refractivity contribution is 9.10. The second-order valence-corrected chi connectivity index (χ2v) is 9.74. The van der Waals surface area contributed by atoms with Gasteiger partial charge in [-0.05, 0) is 78.5 Å². The van der Waals surface area contributed by atoms with Crippen LogP contribution in [0.3, 0.4) is 0 Å². The number of hydrogen-bond donors (Lipinski definition) is 1. The maximum Gasteiger partial charge on any atom is 0.252 e. The van der Waals surface area contributed by atoms with Crippen molar-refractivity contribution in [2.75, 3.05) is 19.7 Å². The molecule has 8 heteroatoms. The third kappa shape index (κ3) is 4.99. The Hall–Kier alpha value is -1.90. The summed E-state index contributed by atoms with van der Waals surface area (Å²) in [6.07, 6.45) is 1.73. The lowest BCUT2D eigenvalue weighted by molar-refractivity contribution is 0.0939. The van der Waals surface area contributed by atoms with E-state index >= 15 is 0 Å². The molecule has 0 bridgehead atoms. The van der Waals surface area contributed by atoms with Crippen molar-refractivity contribution < 1.29 is 17.9 Å². The van der Waals surface area contributed by atoms with Gasteiger partial charge >= 0.3 is 0 Å². The first-order valence-corrected chi connectivity index (χ1v) is 11.9. The molecule has 1 aliphatic heterocycles. The van der Waals surface area contributed by atoms with Gasteiger partial charge in [0.05, 0.1) is 23.1 Å². The number of rotatable bonds is 7. The molecule has 1 amide bonds. The molecule has 29 heavy (non-hydrogen) atoms. The molecule has 1 atom stereocenters. The standard InChI is InChI=1S/C21H25BrN2O4S/c1-3-28-17-8-6-16(7-9-17)15(2)23-21(25)19-14-18(10-11-20(19)22)29(26,27)24-12-4-5-13-24/h6-11,14-15H,3-5,12-13H2,1-2H3,(H,23,25). The predicted molar refractivity (Wildman–Crippen MR) is 116 cm³/mol. The van der Waals surface area contributed by atoms with Crippen LogP contribution in [0.25, 0.3) is 0 Å². The van der Waals surface area contributed by atoms with Gasteiger partial charge in [0.15, 0.2) is 0 Å². The van der Waals surface area contributed by atoms with E-state index in [2.05, 4.69) is 21.2 Å². The molecular weight excluding hydrogens is 456 g/mol. The molecule has 156 valence electrons. The zero-order chi connectivity index (χ0) is 21.0. The average molecular weight is 481 g/mol. The Morgan fingerprint density at radius 3 is 2.45 bits per heavy atom. The number of carbonyl (C=O) groups excluding carboxylic acids is 1. The zero-order valence-corrected chi connectivity index (χ0v) is 18.9. The Morgan fingerprint density at radius 2 is 1.83 bits per heavy atom. The molecule has 2 aromatic carbocycles. The van der Waals surface area contributed by atoms with Crippen molar-refractivity contribution in [1.82, 2.24) is 9.62 Å². The molecule has 0 radical (unpaired) electrons. The minimum absolute atomic E-state index is 0.140. The largest absolute Gasteiger partial charge is 0.494 e. The lowest BCUT2D eigenvalue weighted by Gasteiger charge is -2.18. The van der Waals surface area contributed by atoms with Gasteiger partial charge in [0.25, 0.3) is 5.91 Å². The van der Waals surface area contributed by atoms with Crippen molar-refractivity contribution >= 4 is 31.9 Å². The van der Waals surface area contributed by atoms with Gasteiger partial charge in [-0.15, -0.1) is 0 Å². The summed E-state index contributed by atoms with van der Waals surface area (Å²) >= 11 is 3.37. The molecule has 1 N–H and O–H groups in total. The van der Waals surface area contributed by atoms with Gasteiger partial charge in [0.1, 0.15) is 5.75 Å². The van der Waals surface area contributed by atoms with Crippen LogP contribution in [0, 0.1) is 0 Å². The number of nitrogens with one attached hydrogen (secondary N) is 1. The minimum atomic E-state index is -3.58. The highest BCUT2D eigenvalue weighted by Crippen LogP contribution is 2.26. The van der Waals surface area contributed by atoms with Crippen LogP contribution >= 0.6 is 15.9 Å². The van der Waals surface area contributed by atoms with E-state index in [0.717, 1.165) is 24.2 Å². The summed E-state index contributed by atoms with van der Waals surface area (Å²) in [5.41, 5.74) is 1.22. The van der Waals surface area contributed by atoms with Gasteiger partial charge in [0, 0.05) is 17.6 Å². The van der Waals surface area contributed by atoms with E-state index in [0.29, 0.717) is 29.7 Å². The summed E-state index contributed by atoms with van der Waals surface area (Å²) in [6, 6.07) is 11.9. The first-order valence-electron chi connectivity index (χ1n) is 9.66. The number of benzene rings is 2. The number of sulfonamides is 1. The third-order valence-corrected chi connectivity index (χ3v) is 7.51. The molecule has 1 unspecified atom stereocenters. The van der Waals surface area contributed by atoms with Crippen molar-refractivity contribution in [1.29, 1.82) is 0 Å². The zero-order valence-electron chi connectivity index (χ0n) is 16.5. The van der Waals surface area contributed by atoms with Crippen LogP contribution in [-0.4, -0.2) is 38.3 Å². The third-order valence-electron chi connectivity index (χ3n) is 4.92. The van der Waals surface area contributed by atoms with E-state index in [1.807, 2.05) is 38.1 Å². The maximum absolute atomic E-state index is 12.8. The van der Waals surface area contributed by atoms with Crippen LogP contribution in [0.15, 0.2) is 51.8 Å². The van der Waals surface area contributed by atoms with Crippen molar-refractivity contribution in [2.24, 2.45) is 0 Å². The van der Waals surface area contributed by atoms with Gasteiger partial charge in [-0.2, -0.15) is 4.31 Å². The molecule has 1 heterocycles. The van der Waals surface area contributed by atoms with Gasteiger partial charge in [-0.1, -0.05) is 12.1 Å². The molecule has 1 saturated heterocycles. The van der Waals surface area contributed by atoms with Gasteiger partial charge < -0.3 is 10.1 Å². The molecule has 0 saturated carbocycles. The Labute approximate surface area is 180 Å².